The summed E-state index contributed by atoms with van der Waals surface area (Å²) in [5.74, 6) is 0.383. The van der Waals surface area contributed by atoms with E-state index >= 15 is 0 Å². The number of phenolic OH excluding ortho intramolecular Hbond substituents is 1. The standard InChI is InChI=1S/C10H12BrNO/c11-7-3-4-8(10(13)6-7)9-2-1-5-12-9/h3-4,6,9,12-13H,1-2,5H2. The Morgan fingerprint density at radius 2 is 2.31 bits per heavy atom. The van der Waals surface area contributed by atoms with Crippen molar-refractivity contribution in [3.63, 3.8) is 0 Å². The Morgan fingerprint density at radius 3 is 2.92 bits per heavy atom. The zero-order valence-corrected chi connectivity index (χ0v) is 8.84. The molecule has 2 nitrogen and oxygen atoms in total. The van der Waals surface area contributed by atoms with Crippen LogP contribution in [-0.2, 0) is 0 Å². The van der Waals surface area contributed by atoms with Gasteiger partial charge in [-0.1, -0.05) is 22.0 Å². The van der Waals surface area contributed by atoms with Crippen LogP contribution in [0.2, 0.25) is 0 Å². The van der Waals surface area contributed by atoms with Crippen molar-refractivity contribution < 1.29 is 5.11 Å². The number of aromatic hydroxyl groups is 1. The van der Waals surface area contributed by atoms with Gasteiger partial charge in [0.05, 0.1) is 0 Å². The van der Waals surface area contributed by atoms with Gasteiger partial charge in [-0.3, -0.25) is 0 Å². The number of hydrogen-bond donors (Lipinski definition) is 2. The van der Waals surface area contributed by atoms with Crippen LogP contribution in [0.15, 0.2) is 22.7 Å². The number of nitrogens with one attached hydrogen (secondary N) is 1. The maximum absolute atomic E-state index is 9.68. The Morgan fingerprint density at radius 1 is 1.46 bits per heavy atom. The molecule has 13 heavy (non-hydrogen) atoms. The van der Waals surface area contributed by atoms with Crippen LogP contribution in [0.3, 0.4) is 0 Å². The first kappa shape index (κ1) is 9.03. The largest absolute Gasteiger partial charge is 0.508 e. The van der Waals surface area contributed by atoms with Crippen molar-refractivity contribution in [2.24, 2.45) is 0 Å². The molecule has 1 saturated heterocycles. The summed E-state index contributed by atoms with van der Waals surface area (Å²) in [6.45, 7) is 1.06. The summed E-state index contributed by atoms with van der Waals surface area (Å²) in [6.07, 6.45) is 2.31. The molecule has 1 atom stereocenters. The first-order valence-electron chi connectivity index (χ1n) is 4.49. The molecule has 0 amide bonds. The first-order valence-corrected chi connectivity index (χ1v) is 5.28. The van der Waals surface area contributed by atoms with Gasteiger partial charge in [-0.2, -0.15) is 0 Å². The molecule has 1 aliphatic heterocycles. The van der Waals surface area contributed by atoms with E-state index in [1.807, 2.05) is 12.1 Å². The van der Waals surface area contributed by atoms with Crippen LogP contribution in [0.4, 0.5) is 0 Å². The summed E-state index contributed by atoms with van der Waals surface area (Å²) in [5, 5.41) is 13.0. The fourth-order valence-corrected chi connectivity index (χ4v) is 2.11. The van der Waals surface area contributed by atoms with Gasteiger partial charge < -0.3 is 10.4 Å². The van der Waals surface area contributed by atoms with Crippen LogP contribution in [0.5, 0.6) is 5.75 Å². The van der Waals surface area contributed by atoms with Crippen molar-refractivity contribution >= 4 is 15.9 Å². The van der Waals surface area contributed by atoms with Crippen LogP contribution in [-0.4, -0.2) is 11.7 Å². The summed E-state index contributed by atoms with van der Waals surface area (Å²) in [7, 11) is 0. The zero-order valence-electron chi connectivity index (χ0n) is 7.26. The quantitative estimate of drug-likeness (QED) is 0.793. The Hall–Kier alpha value is -0.540. The van der Waals surface area contributed by atoms with E-state index in [1.54, 1.807) is 6.07 Å². The van der Waals surface area contributed by atoms with Gasteiger partial charge in [0.25, 0.3) is 0 Å². The molecule has 1 aliphatic rings. The number of hydrogen-bond acceptors (Lipinski definition) is 2. The van der Waals surface area contributed by atoms with Gasteiger partial charge in [-0.15, -0.1) is 0 Å². The van der Waals surface area contributed by atoms with E-state index in [2.05, 4.69) is 21.2 Å². The minimum absolute atomic E-state index is 0.341. The lowest BCUT2D eigenvalue weighted by molar-refractivity contribution is 0.456. The van der Waals surface area contributed by atoms with Gasteiger partial charge in [0.1, 0.15) is 5.75 Å². The van der Waals surface area contributed by atoms with Crippen molar-refractivity contribution in [2.45, 2.75) is 18.9 Å². The molecule has 1 heterocycles. The van der Waals surface area contributed by atoms with Gasteiger partial charge in [-0.05, 0) is 31.5 Å². The number of benzene rings is 1. The van der Waals surface area contributed by atoms with Crippen LogP contribution < -0.4 is 5.32 Å². The molecule has 1 aromatic carbocycles. The fourth-order valence-electron chi connectivity index (χ4n) is 1.76. The van der Waals surface area contributed by atoms with E-state index < -0.39 is 0 Å². The van der Waals surface area contributed by atoms with Crippen LogP contribution >= 0.6 is 15.9 Å². The Labute approximate surface area is 86.1 Å². The SMILES string of the molecule is Oc1cc(Br)ccc1C1CCCN1. The second kappa shape index (κ2) is 3.68. The van der Waals surface area contributed by atoms with E-state index in [0.717, 1.165) is 23.0 Å². The van der Waals surface area contributed by atoms with Crippen LogP contribution in [0, 0.1) is 0 Å². The third-order valence-corrected chi connectivity index (χ3v) is 2.92. The van der Waals surface area contributed by atoms with Gasteiger partial charge in [0, 0.05) is 16.1 Å². The molecule has 2 rings (SSSR count). The highest BCUT2D eigenvalue weighted by atomic mass is 79.9. The smallest absolute Gasteiger partial charge is 0.121 e. The van der Waals surface area contributed by atoms with Crippen molar-refractivity contribution in [1.82, 2.24) is 5.32 Å². The predicted octanol–water partition coefficient (Wildman–Crippen LogP) is 2.58. The third kappa shape index (κ3) is 1.86. The summed E-state index contributed by atoms with van der Waals surface area (Å²) in [4.78, 5) is 0. The molecule has 0 aromatic heterocycles. The normalized spacial score (nSPS) is 22.1. The predicted molar refractivity (Wildman–Crippen MR) is 55.8 cm³/mol. The van der Waals surface area contributed by atoms with Gasteiger partial charge in [0.15, 0.2) is 0 Å². The zero-order chi connectivity index (χ0) is 9.26. The summed E-state index contributed by atoms with van der Waals surface area (Å²) in [6, 6.07) is 6.03. The lowest BCUT2D eigenvalue weighted by Gasteiger charge is -2.12. The Kier molecular flexibility index (Phi) is 2.56. The molecule has 3 heteroatoms. The lowest BCUT2D eigenvalue weighted by atomic mass is 10.0. The highest BCUT2D eigenvalue weighted by Gasteiger charge is 2.18. The summed E-state index contributed by atoms with van der Waals surface area (Å²) in [5.41, 5.74) is 1.01. The molecule has 0 radical (unpaired) electrons. The highest BCUT2D eigenvalue weighted by molar-refractivity contribution is 9.10. The second-order valence-electron chi connectivity index (χ2n) is 3.35. The second-order valence-corrected chi connectivity index (χ2v) is 4.27. The van der Waals surface area contributed by atoms with Crippen molar-refractivity contribution in [3.8, 4) is 5.75 Å². The van der Waals surface area contributed by atoms with Crippen molar-refractivity contribution in [1.29, 1.82) is 0 Å². The van der Waals surface area contributed by atoms with Crippen molar-refractivity contribution in [2.75, 3.05) is 6.54 Å². The summed E-state index contributed by atoms with van der Waals surface area (Å²) >= 11 is 3.32. The number of rotatable bonds is 1. The van der Waals surface area contributed by atoms with Crippen molar-refractivity contribution in [3.05, 3.63) is 28.2 Å². The van der Waals surface area contributed by atoms with E-state index in [0.29, 0.717) is 11.8 Å². The molecule has 0 bridgehead atoms. The molecule has 0 spiro atoms. The average molecular weight is 242 g/mol. The van der Waals surface area contributed by atoms with Crippen LogP contribution in [0.25, 0.3) is 0 Å². The monoisotopic (exact) mass is 241 g/mol. The highest BCUT2D eigenvalue weighted by Crippen LogP contribution is 2.31. The molecule has 0 saturated carbocycles. The maximum atomic E-state index is 9.68. The Balaban J connectivity index is 2.29. The molecular formula is C10H12BrNO. The van der Waals surface area contributed by atoms with E-state index in [9.17, 15) is 5.11 Å². The molecule has 1 fully saturated rings. The number of phenols is 1. The van der Waals surface area contributed by atoms with Gasteiger partial charge >= 0.3 is 0 Å². The maximum Gasteiger partial charge on any atom is 0.121 e. The van der Waals surface area contributed by atoms with E-state index in [-0.39, 0.29) is 0 Å². The molecular weight excluding hydrogens is 230 g/mol. The minimum Gasteiger partial charge on any atom is -0.508 e. The Bertz CT molecular complexity index is 308. The fraction of sp³-hybridized carbons (Fsp3) is 0.400. The molecule has 1 aromatic rings. The molecule has 1 unspecified atom stereocenters. The minimum atomic E-state index is 0.341. The van der Waals surface area contributed by atoms with Gasteiger partial charge in [0.2, 0.25) is 0 Å². The molecule has 70 valence electrons. The van der Waals surface area contributed by atoms with E-state index in [4.69, 9.17) is 0 Å². The summed E-state index contributed by atoms with van der Waals surface area (Å²) < 4.78 is 0.923. The lowest BCUT2D eigenvalue weighted by Crippen LogP contribution is -2.12. The number of halogens is 1. The first-order chi connectivity index (χ1) is 6.27. The average Bonchev–Trinajstić information content (AvgIpc) is 2.56. The molecule has 2 N–H and O–H groups in total. The van der Waals surface area contributed by atoms with Crippen LogP contribution in [0.1, 0.15) is 24.4 Å². The molecule has 0 aliphatic carbocycles. The third-order valence-electron chi connectivity index (χ3n) is 2.43. The topological polar surface area (TPSA) is 32.3 Å². The van der Waals surface area contributed by atoms with Gasteiger partial charge in [-0.25, -0.2) is 0 Å². The van der Waals surface area contributed by atoms with E-state index in [1.165, 1.54) is 6.42 Å².